The number of rotatable bonds is 7. The third-order valence-corrected chi connectivity index (χ3v) is 10.0. The Morgan fingerprint density at radius 3 is 0.979 bits per heavy atom. The van der Waals surface area contributed by atoms with Gasteiger partial charge < -0.3 is 29.3 Å². The summed E-state index contributed by atoms with van der Waals surface area (Å²) in [6, 6.07) is 29.8. The predicted octanol–water partition coefficient (Wildman–Crippen LogP) is 6.46. The fraction of sp³-hybridized carbons (Fsp3) is 0.316. The van der Waals surface area contributed by atoms with E-state index in [9.17, 15) is 9.59 Å². The van der Waals surface area contributed by atoms with Crippen molar-refractivity contribution in [1.29, 1.82) is 0 Å². The molecule has 0 aromatic heterocycles. The van der Waals surface area contributed by atoms with Crippen molar-refractivity contribution in [3.05, 3.63) is 108 Å². The van der Waals surface area contributed by atoms with Crippen molar-refractivity contribution in [2.24, 2.45) is 0 Å². The highest BCUT2D eigenvalue weighted by atomic mass is 16.7. The lowest BCUT2D eigenvalue weighted by atomic mass is 9.79. The van der Waals surface area contributed by atoms with Crippen LogP contribution in [0.1, 0.15) is 76.1 Å². The Hall–Kier alpha value is -4.21. The van der Waals surface area contributed by atoms with Gasteiger partial charge in [0.05, 0.1) is 22.4 Å². The van der Waals surface area contributed by atoms with Gasteiger partial charge in [-0.2, -0.15) is 0 Å². The smallest absolute Gasteiger partial charge is 0.399 e. The average Bonchev–Trinajstić information content (AvgIpc) is 3.41. The molecule has 2 fully saturated rings. The lowest BCUT2D eigenvalue weighted by Crippen LogP contribution is -2.41. The molecular formula is C38H42B2N2O6. The van der Waals surface area contributed by atoms with Crippen molar-refractivity contribution in [1.82, 2.24) is 0 Å². The zero-order valence-electron chi connectivity index (χ0n) is 28.8. The van der Waals surface area contributed by atoms with E-state index in [4.69, 9.17) is 18.6 Å². The Kier molecular flexibility index (Phi) is 8.67. The molecule has 0 aliphatic carbocycles. The van der Waals surface area contributed by atoms with Crippen LogP contribution in [0, 0.1) is 0 Å². The second-order valence-corrected chi connectivity index (χ2v) is 14.5. The number of carbonyl (C=O) groups is 2. The number of amides is 2. The minimum Gasteiger partial charge on any atom is -0.399 e. The molecule has 10 heteroatoms. The van der Waals surface area contributed by atoms with Gasteiger partial charge in [0.2, 0.25) is 0 Å². The third kappa shape index (κ3) is 6.71. The van der Waals surface area contributed by atoms with Gasteiger partial charge in [-0.15, -0.1) is 0 Å². The van der Waals surface area contributed by atoms with Gasteiger partial charge in [0, 0.05) is 22.5 Å². The molecule has 6 rings (SSSR count). The normalized spacial score (nSPS) is 18.8. The van der Waals surface area contributed by atoms with Gasteiger partial charge in [0.1, 0.15) is 0 Å². The zero-order chi connectivity index (χ0) is 34.5. The fourth-order valence-electron chi connectivity index (χ4n) is 5.44. The molecule has 2 saturated heterocycles. The molecule has 0 atom stereocenters. The number of anilines is 2. The first-order chi connectivity index (χ1) is 22.5. The topological polar surface area (TPSA) is 95.1 Å². The van der Waals surface area contributed by atoms with Crippen LogP contribution in [0.15, 0.2) is 97.1 Å². The van der Waals surface area contributed by atoms with Crippen molar-refractivity contribution < 1.29 is 28.2 Å². The molecule has 4 aromatic rings. The van der Waals surface area contributed by atoms with Crippen LogP contribution in [0.5, 0.6) is 0 Å². The summed E-state index contributed by atoms with van der Waals surface area (Å²) in [5.74, 6) is -0.415. The Labute approximate surface area is 283 Å². The molecule has 0 bridgehead atoms. The highest BCUT2D eigenvalue weighted by Crippen LogP contribution is 2.37. The average molecular weight is 644 g/mol. The number of hydrogen-bond donors (Lipinski definition) is 2. The first-order valence-corrected chi connectivity index (χ1v) is 16.3. The summed E-state index contributed by atoms with van der Waals surface area (Å²) in [6.45, 7) is 16.2. The molecule has 246 valence electrons. The van der Waals surface area contributed by atoms with E-state index in [1.807, 2.05) is 128 Å². The third-order valence-electron chi connectivity index (χ3n) is 10.0. The molecule has 0 spiro atoms. The number of hydrogen-bond acceptors (Lipinski definition) is 6. The van der Waals surface area contributed by atoms with E-state index in [1.54, 1.807) is 24.3 Å². The van der Waals surface area contributed by atoms with Gasteiger partial charge >= 0.3 is 14.2 Å². The number of benzene rings is 4. The summed E-state index contributed by atoms with van der Waals surface area (Å²) in [7, 11) is -0.912. The Morgan fingerprint density at radius 2 is 0.708 bits per heavy atom. The van der Waals surface area contributed by atoms with E-state index in [0.717, 1.165) is 22.1 Å². The van der Waals surface area contributed by atoms with E-state index >= 15 is 0 Å². The van der Waals surface area contributed by atoms with Crippen molar-refractivity contribution in [3.8, 4) is 11.1 Å². The van der Waals surface area contributed by atoms with E-state index in [2.05, 4.69) is 10.6 Å². The lowest BCUT2D eigenvalue weighted by molar-refractivity contribution is 0.00578. The predicted molar refractivity (Wildman–Crippen MR) is 192 cm³/mol. The van der Waals surface area contributed by atoms with Crippen molar-refractivity contribution in [2.45, 2.75) is 77.8 Å². The monoisotopic (exact) mass is 644 g/mol. The van der Waals surface area contributed by atoms with Gasteiger partial charge in [-0.25, -0.2) is 0 Å². The van der Waals surface area contributed by atoms with Crippen LogP contribution in [0.25, 0.3) is 11.1 Å². The molecule has 8 nitrogen and oxygen atoms in total. The molecule has 4 aromatic carbocycles. The molecular weight excluding hydrogens is 602 g/mol. The summed E-state index contributed by atoms with van der Waals surface area (Å²) < 4.78 is 24.5. The summed E-state index contributed by atoms with van der Waals surface area (Å²) in [5.41, 5.74) is 4.42. The maximum Gasteiger partial charge on any atom is 0.494 e. The second kappa shape index (κ2) is 12.3. The number of nitrogens with one attached hydrogen (secondary N) is 2. The van der Waals surface area contributed by atoms with Crippen LogP contribution in [0.2, 0.25) is 0 Å². The van der Waals surface area contributed by atoms with Crippen LogP contribution < -0.4 is 21.6 Å². The first-order valence-electron chi connectivity index (χ1n) is 16.3. The second-order valence-electron chi connectivity index (χ2n) is 14.5. The summed E-state index contributed by atoms with van der Waals surface area (Å²) in [4.78, 5) is 25.9. The maximum atomic E-state index is 13.0. The van der Waals surface area contributed by atoms with E-state index in [1.165, 1.54) is 0 Å². The van der Waals surface area contributed by atoms with Gasteiger partial charge in [-0.05, 0) is 126 Å². The molecule has 0 unspecified atom stereocenters. The minimum atomic E-state index is -0.456. The highest BCUT2D eigenvalue weighted by Gasteiger charge is 2.52. The Bertz CT molecular complexity index is 1640. The van der Waals surface area contributed by atoms with Gasteiger partial charge in [0.25, 0.3) is 11.8 Å². The van der Waals surface area contributed by atoms with Crippen LogP contribution in [-0.2, 0) is 18.6 Å². The maximum absolute atomic E-state index is 13.0. The molecule has 2 N–H and O–H groups in total. The zero-order valence-corrected chi connectivity index (χ0v) is 28.8. The lowest BCUT2D eigenvalue weighted by Gasteiger charge is -2.32. The van der Waals surface area contributed by atoms with Crippen molar-refractivity contribution >= 4 is 48.4 Å². The standard InChI is InChI=1S/C38H42B2N2O6/c1-35(2)36(3,4)46-39(45-35)29-17-21-31(22-18-29)41-33(43)27-13-9-25(10-14-27)26-11-15-28(16-12-26)34(44)42-32-23-19-30(20-24-32)40-47-37(5,6)38(7,8)48-40/h9-24H,1-8H3,(H,41,43)(H,42,44). The van der Waals surface area contributed by atoms with Crippen molar-refractivity contribution in [2.75, 3.05) is 10.6 Å². The largest absolute Gasteiger partial charge is 0.494 e. The van der Waals surface area contributed by atoms with Gasteiger partial charge in [-0.1, -0.05) is 48.5 Å². The minimum absolute atomic E-state index is 0.207. The fourth-order valence-corrected chi connectivity index (χ4v) is 5.44. The van der Waals surface area contributed by atoms with Crippen LogP contribution in [-0.4, -0.2) is 48.5 Å². The summed E-state index contributed by atoms with van der Waals surface area (Å²) >= 11 is 0. The van der Waals surface area contributed by atoms with E-state index in [0.29, 0.717) is 22.5 Å². The molecule has 48 heavy (non-hydrogen) atoms. The van der Waals surface area contributed by atoms with Gasteiger partial charge in [-0.3, -0.25) is 9.59 Å². The van der Waals surface area contributed by atoms with Crippen molar-refractivity contribution in [3.63, 3.8) is 0 Å². The molecule has 0 radical (unpaired) electrons. The molecule has 2 amide bonds. The van der Waals surface area contributed by atoms with Gasteiger partial charge in [0.15, 0.2) is 0 Å². The van der Waals surface area contributed by atoms with Crippen LogP contribution in [0.3, 0.4) is 0 Å². The van der Waals surface area contributed by atoms with E-state index < -0.39 is 36.6 Å². The number of carbonyl (C=O) groups excluding carboxylic acids is 2. The Balaban J connectivity index is 1.03. The highest BCUT2D eigenvalue weighted by molar-refractivity contribution is 6.62. The van der Waals surface area contributed by atoms with Crippen LogP contribution in [0.4, 0.5) is 11.4 Å². The molecule has 0 saturated carbocycles. The SMILES string of the molecule is CC1(C)OB(c2ccc(NC(=O)c3ccc(-c4ccc(C(=O)Nc5ccc(B6OC(C)(C)C(C)(C)O6)cc5)cc4)cc3)cc2)OC1(C)C. The molecule has 2 aliphatic rings. The van der Waals surface area contributed by atoms with Crippen LogP contribution >= 0.6 is 0 Å². The Morgan fingerprint density at radius 1 is 0.438 bits per heavy atom. The molecule has 2 heterocycles. The quantitative estimate of drug-likeness (QED) is 0.225. The first kappa shape index (κ1) is 33.7. The molecule has 2 aliphatic heterocycles. The summed E-state index contributed by atoms with van der Waals surface area (Å²) in [6.07, 6.45) is 0. The van der Waals surface area contributed by atoms with E-state index in [-0.39, 0.29) is 11.8 Å². The summed E-state index contributed by atoms with van der Waals surface area (Å²) in [5, 5.41) is 5.91.